The Labute approximate surface area is 125 Å². The quantitative estimate of drug-likeness (QED) is 0.848. The molecule has 0 spiro atoms. The summed E-state index contributed by atoms with van der Waals surface area (Å²) in [7, 11) is -3.94. The second-order valence-electron chi connectivity index (χ2n) is 4.10. The number of rotatable bonds is 3. The van der Waals surface area contributed by atoms with E-state index in [-0.39, 0.29) is 26.9 Å². The second-order valence-corrected chi connectivity index (χ2v) is 6.18. The van der Waals surface area contributed by atoms with Gasteiger partial charge in [-0.2, -0.15) is 5.26 Å². The van der Waals surface area contributed by atoms with Crippen LogP contribution in [0.5, 0.6) is 0 Å². The maximum absolute atomic E-state index is 13.1. The highest BCUT2D eigenvalue weighted by Gasteiger charge is 2.16. The van der Waals surface area contributed by atoms with E-state index >= 15 is 0 Å². The number of halogens is 2. The molecule has 2 aromatic rings. The predicted molar refractivity (Wildman–Crippen MR) is 77.8 cm³/mol. The average molecular weight is 326 g/mol. The number of nitrogens with two attached hydrogens (primary N) is 1. The van der Waals surface area contributed by atoms with Crippen LogP contribution < -0.4 is 10.5 Å². The highest BCUT2D eigenvalue weighted by molar-refractivity contribution is 7.92. The van der Waals surface area contributed by atoms with Crippen LogP contribution in [0.2, 0.25) is 5.02 Å². The summed E-state index contributed by atoms with van der Waals surface area (Å²) in [4.78, 5) is -0.185. The summed E-state index contributed by atoms with van der Waals surface area (Å²) in [5, 5.41) is 9.07. The van der Waals surface area contributed by atoms with Gasteiger partial charge in [0.25, 0.3) is 10.0 Å². The predicted octanol–water partition coefficient (Wildman–Crippen LogP) is 2.73. The Bertz CT molecular complexity index is 847. The summed E-state index contributed by atoms with van der Waals surface area (Å²) in [6.45, 7) is 0. The van der Waals surface area contributed by atoms with Crippen LogP contribution in [0.25, 0.3) is 0 Å². The van der Waals surface area contributed by atoms with Crippen molar-refractivity contribution in [2.24, 2.45) is 0 Å². The lowest BCUT2D eigenvalue weighted by Crippen LogP contribution is -2.13. The Morgan fingerprint density at radius 2 is 1.95 bits per heavy atom. The summed E-state index contributed by atoms with van der Waals surface area (Å²) >= 11 is 5.76. The summed E-state index contributed by atoms with van der Waals surface area (Å²) < 4.78 is 39.6. The molecule has 0 amide bonds. The molecule has 0 radical (unpaired) electrons. The molecule has 21 heavy (non-hydrogen) atoms. The van der Waals surface area contributed by atoms with Gasteiger partial charge in [-0.3, -0.25) is 4.72 Å². The molecule has 0 saturated heterocycles. The van der Waals surface area contributed by atoms with Crippen LogP contribution in [0.3, 0.4) is 0 Å². The number of benzene rings is 2. The van der Waals surface area contributed by atoms with Crippen molar-refractivity contribution < 1.29 is 12.8 Å². The minimum atomic E-state index is -3.94. The van der Waals surface area contributed by atoms with Gasteiger partial charge in [-0.05, 0) is 36.4 Å². The van der Waals surface area contributed by atoms with Crippen molar-refractivity contribution in [3.8, 4) is 6.07 Å². The zero-order valence-electron chi connectivity index (χ0n) is 10.5. The molecule has 0 aliphatic heterocycles. The van der Waals surface area contributed by atoms with Crippen molar-refractivity contribution in [1.29, 1.82) is 5.26 Å². The van der Waals surface area contributed by atoms with Crippen molar-refractivity contribution in [3.63, 3.8) is 0 Å². The fourth-order valence-corrected chi connectivity index (χ4v) is 2.82. The van der Waals surface area contributed by atoms with Gasteiger partial charge in [0.2, 0.25) is 0 Å². The van der Waals surface area contributed by atoms with Crippen LogP contribution in [0.1, 0.15) is 5.56 Å². The highest BCUT2D eigenvalue weighted by atomic mass is 35.5. The SMILES string of the molecule is N#Cc1cc(NS(=O)(=O)c2ccc(F)c(N)c2)ccc1Cl. The molecule has 0 unspecified atom stereocenters. The highest BCUT2D eigenvalue weighted by Crippen LogP contribution is 2.23. The van der Waals surface area contributed by atoms with Gasteiger partial charge < -0.3 is 5.73 Å². The minimum absolute atomic E-state index is 0.135. The lowest BCUT2D eigenvalue weighted by molar-refractivity contribution is 0.600. The van der Waals surface area contributed by atoms with Crippen LogP contribution >= 0.6 is 11.6 Å². The van der Waals surface area contributed by atoms with E-state index in [0.29, 0.717) is 0 Å². The van der Waals surface area contributed by atoms with E-state index in [1.807, 2.05) is 6.07 Å². The van der Waals surface area contributed by atoms with Gasteiger partial charge in [-0.15, -0.1) is 0 Å². The van der Waals surface area contributed by atoms with Crippen molar-refractivity contribution in [3.05, 3.63) is 52.8 Å². The van der Waals surface area contributed by atoms with Crippen molar-refractivity contribution in [2.75, 3.05) is 10.5 Å². The summed E-state index contributed by atoms with van der Waals surface area (Å²) in [6.07, 6.45) is 0. The molecule has 0 aliphatic rings. The Morgan fingerprint density at radius 1 is 1.24 bits per heavy atom. The largest absolute Gasteiger partial charge is 0.396 e. The van der Waals surface area contributed by atoms with Gasteiger partial charge in [-0.25, -0.2) is 12.8 Å². The van der Waals surface area contributed by atoms with Crippen LogP contribution in [-0.4, -0.2) is 8.42 Å². The monoisotopic (exact) mass is 325 g/mol. The van der Waals surface area contributed by atoms with E-state index in [4.69, 9.17) is 22.6 Å². The first-order valence-corrected chi connectivity index (χ1v) is 7.47. The average Bonchev–Trinajstić information content (AvgIpc) is 2.43. The second kappa shape index (κ2) is 5.60. The number of anilines is 2. The Hall–Kier alpha value is -2.30. The molecule has 8 heteroatoms. The van der Waals surface area contributed by atoms with E-state index in [0.717, 1.165) is 18.2 Å². The van der Waals surface area contributed by atoms with Gasteiger partial charge in [0.1, 0.15) is 11.9 Å². The van der Waals surface area contributed by atoms with Gasteiger partial charge >= 0.3 is 0 Å². The smallest absolute Gasteiger partial charge is 0.261 e. The molecule has 0 heterocycles. The molecule has 2 aromatic carbocycles. The van der Waals surface area contributed by atoms with Crippen molar-refractivity contribution in [2.45, 2.75) is 4.90 Å². The zero-order chi connectivity index (χ0) is 15.6. The van der Waals surface area contributed by atoms with Crippen LogP contribution in [0.15, 0.2) is 41.3 Å². The lowest BCUT2D eigenvalue weighted by Gasteiger charge is -2.09. The number of nitrogens with one attached hydrogen (secondary N) is 1. The fourth-order valence-electron chi connectivity index (χ4n) is 1.58. The molecule has 0 bridgehead atoms. The van der Waals surface area contributed by atoms with E-state index in [1.165, 1.54) is 18.2 Å². The van der Waals surface area contributed by atoms with Crippen LogP contribution in [0.4, 0.5) is 15.8 Å². The van der Waals surface area contributed by atoms with Crippen molar-refractivity contribution in [1.82, 2.24) is 0 Å². The molecule has 108 valence electrons. The number of nitrogen functional groups attached to an aromatic ring is 1. The fraction of sp³-hybridized carbons (Fsp3) is 0. The Kier molecular flexibility index (Phi) is 4.02. The maximum Gasteiger partial charge on any atom is 0.261 e. The first-order valence-electron chi connectivity index (χ1n) is 5.61. The van der Waals surface area contributed by atoms with Gasteiger partial charge in [-0.1, -0.05) is 11.6 Å². The molecular weight excluding hydrogens is 317 g/mol. The third kappa shape index (κ3) is 3.24. The number of hydrogen-bond acceptors (Lipinski definition) is 4. The summed E-state index contributed by atoms with van der Waals surface area (Å²) in [5.41, 5.74) is 5.38. The zero-order valence-corrected chi connectivity index (χ0v) is 12.0. The molecular formula is C13H9ClFN3O2S. The van der Waals surface area contributed by atoms with E-state index in [1.54, 1.807) is 0 Å². The number of hydrogen-bond donors (Lipinski definition) is 2. The van der Waals surface area contributed by atoms with E-state index in [9.17, 15) is 12.8 Å². The van der Waals surface area contributed by atoms with Crippen LogP contribution in [0, 0.1) is 17.1 Å². The number of nitrogens with zero attached hydrogens (tertiary/aromatic N) is 1. The van der Waals surface area contributed by atoms with Gasteiger partial charge in [0.05, 0.1) is 26.9 Å². The summed E-state index contributed by atoms with van der Waals surface area (Å²) in [5.74, 6) is -0.702. The summed E-state index contributed by atoms with van der Waals surface area (Å²) in [6, 6.07) is 9.02. The normalized spacial score (nSPS) is 10.9. The molecule has 0 aromatic heterocycles. The Balaban J connectivity index is 2.37. The lowest BCUT2D eigenvalue weighted by atomic mass is 10.2. The molecule has 2 rings (SSSR count). The third-order valence-corrected chi connectivity index (χ3v) is 4.33. The first-order chi connectivity index (χ1) is 9.83. The molecule has 0 aliphatic carbocycles. The Morgan fingerprint density at radius 3 is 2.57 bits per heavy atom. The van der Waals surface area contributed by atoms with Gasteiger partial charge in [0.15, 0.2) is 0 Å². The van der Waals surface area contributed by atoms with E-state index < -0.39 is 15.8 Å². The molecule has 5 nitrogen and oxygen atoms in total. The standard InChI is InChI=1S/C13H9ClFN3O2S/c14-11-3-1-9(5-8(11)7-16)18-21(19,20)10-2-4-12(15)13(17)6-10/h1-6,18H,17H2. The topological polar surface area (TPSA) is 96.0 Å². The molecule has 0 saturated carbocycles. The van der Waals surface area contributed by atoms with E-state index in [2.05, 4.69) is 4.72 Å². The van der Waals surface area contributed by atoms with Crippen LogP contribution in [-0.2, 0) is 10.0 Å². The van der Waals surface area contributed by atoms with Crippen molar-refractivity contribution >= 4 is 33.0 Å². The first kappa shape index (κ1) is 15.1. The van der Waals surface area contributed by atoms with Gasteiger partial charge in [0, 0.05) is 0 Å². The minimum Gasteiger partial charge on any atom is -0.396 e. The third-order valence-electron chi connectivity index (χ3n) is 2.62. The molecule has 0 fully saturated rings. The molecule has 3 N–H and O–H groups in total. The number of nitriles is 1. The number of sulfonamides is 1. The molecule has 0 atom stereocenters. The maximum atomic E-state index is 13.1.